The molecule has 113 heavy (non-hydrogen) atoms. The molecule has 0 unspecified atom stereocenters. The number of aromatic amines is 1. The molecule has 0 aliphatic carbocycles. The Bertz CT molecular complexity index is 4090. The first-order chi connectivity index (χ1) is 54.1. The Morgan fingerprint density at radius 2 is 1.23 bits per heavy atom. The van der Waals surface area contributed by atoms with Crippen molar-refractivity contribution in [3.05, 3.63) is 95.5 Å². The number of guanidine groups is 1. The molecule has 3 saturated heterocycles. The van der Waals surface area contributed by atoms with E-state index in [1.807, 2.05) is 0 Å². The average Bonchev–Trinajstić information content (AvgIpc) is 1.67. The number of carboxylic acids is 3. The van der Waals surface area contributed by atoms with Crippen molar-refractivity contribution in [2.45, 2.75) is 222 Å². The van der Waals surface area contributed by atoms with Gasteiger partial charge in [0, 0.05) is 131 Å². The van der Waals surface area contributed by atoms with E-state index in [2.05, 4.69) is 68.1 Å². The molecule has 3 fully saturated rings. The van der Waals surface area contributed by atoms with E-state index in [9.17, 15) is 63.3 Å². The van der Waals surface area contributed by atoms with Gasteiger partial charge in [-0.25, -0.2) is 0 Å². The number of ketones is 1. The van der Waals surface area contributed by atoms with Gasteiger partial charge < -0.3 is 89.0 Å². The largest absolute Gasteiger partial charge is 0.481 e. The number of fused-ring (bicyclic) bond motifs is 1. The van der Waals surface area contributed by atoms with E-state index in [0.717, 1.165) is 0 Å². The number of rotatable bonds is 33. The highest BCUT2D eigenvalue weighted by molar-refractivity contribution is 6.01. The lowest BCUT2D eigenvalue weighted by Gasteiger charge is -2.33. The van der Waals surface area contributed by atoms with E-state index in [-0.39, 0.29) is 122 Å². The molecule has 11 atom stereocenters. The van der Waals surface area contributed by atoms with Crippen LogP contribution in [0.5, 0.6) is 0 Å². The quantitative estimate of drug-likeness (QED) is 0.0219. The molecular weight excluding hydrogens is 1460 g/mol. The molecule has 3 aromatic rings. The molecule has 5 aliphatic rings. The number of carboxylic acid groups (broad SMARTS) is 3. The molecule has 17 N–H and O–H groups in total. The fraction of sp³-hybridized carbons (Fsp3) is 0.532. The van der Waals surface area contributed by atoms with Crippen molar-refractivity contribution < 1.29 is 87.2 Å². The highest BCUT2D eigenvalue weighted by Crippen LogP contribution is 2.28. The summed E-state index contributed by atoms with van der Waals surface area (Å²) in [6.07, 6.45) is 8.61. The van der Waals surface area contributed by atoms with Gasteiger partial charge in [0.1, 0.15) is 66.2 Å². The second kappa shape index (κ2) is 43.2. The smallest absolute Gasteiger partial charge is 0.317 e. The Morgan fingerprint density at radius 1 is 0.628 bits per heavy atom. The maximum atomic E-state index is 15.6. The number of allylic oxidation sites excluding steroid dienone is 2. The van der Waals surface area contributed by atoms with E-state index < -0.39 is 181 Å². The standard InChI is InChI=1S/C77H104N18O18/c1-45(17-10-11-34-93(43-65(100)101)44-66(102)103)84-67(104)56(29-30-64(98)99)87-72(109)60(40-50-21-13-32-81-50)91-74(111)62-27-15-35-94(62)76(113)63-28-16-36-95(63)75(112)61-41-51(97)22-6-8-25-54(85-46(2)96)68(105)90-59(39-49-20-12-31-80-49)73(110)88-57(37-47-18-4-3-5-19-47)70(107)86-55(26-14-33-82-77(78)79)69(106)89-58(71(108)92-61)38-48-42-83-53-24-9-7-23-52(48)53/h3-5,7,9,18-21,23-24,31-32,42,45,54-63,83H,6,8,10-17,22,25-30,33-41,43-44H2,1-2H3,(H,84,104)(H,85,96)(H,86,107)(H,87,109)(H,88,110)(H,89,106)(H,90,105)(H,91,111)(H,92,108)(H,98,99)(H,100,101)(H,102,103)(H4,78,79,82)/t45-,54+,55+,56+,57-,58+,59+,60+,61+,62+,63+/m1/s1. The number of likely N-dealkylation sites (tertiary alicyclic amines) is 2. The molecule has 8 rings (SSSR count). The number of Topliss-reactive ketones (excluding diaryl/α,β-unsaturated/α-hetero) is 1. The second-order valence-corrected chi connectivity index (χ2v) is 29.0. The maximum absolute atomic E-state index is 15.6. The number of amides is 11. The lowest BCUT2D eigenvalue weighted by Crippen LogP contribution is -2.61. The fourth-order valence-corrected chi connectivity index (χ4v) is 14.5. The van der Waals surface area contributed by atoms with Gasteiger partial charge in [0.15, 0.2) is 5.96 Å². The van der Waals surface area contributed by atoms with Gasteiger partial charge in [-0.05, 0) is 101 Å². The van der Waals surface area contributed by atoms with Crippen LogP contribution >= 0.6 is 0 Å². The first kappa shape index (κ1) is 86.9. The molecule has 36 nitrogen and oxygen atoms in total. The minimum atomic E-state index is -1.72. The number of aliphatic carboxylic acids is 3. The molecule has 1 aromatic heterocycles. The van der Waals surface area contributed by atoms with E-state index >= 15 is 24.0 Å². The van der Waals surface area contributed by atoms with Crippen molar-refractivity contribution in [3.8, 4) is 0 Å². The molecule has 0 saturated carbocycles. The summed E-state index contributed by atoms with van der Waals surface area (Å²) in [6, 6.07) is 1.03. The average molecular weight is 1570 g/mol. The van der Waals surface area contributed by atoms with Gasteiger partial charge in [-0.2, -0.15) is 0 Å². The lowest BCUT2D eigenvalue weighted by molar-refractivity contribution is -0.148. The Kier molecular flexibility index (Phi) is 33.2. The summed E-state index contributed by atoms with van der Waals surface area (Å²) >= 11 is 0. The van der Waals surface area contributed by atoms with Crippen LogP contribution in [0.1, 0.15) is 153 Å². The Hall–Kier alpha value is -11.7. The fourth-order valence-electron chi connectivity index (χ4n) is 14.5. The van der Waals surface area contributed by atoms with Crippen molar-refractivity contribution >= 4 is 118 Å². The topological polar surface area (TPSA) is 537 Å². The van der Waals surface area contributed by atoms with Crippen LogP contribution in [0, 0.1) is 5.41 Å². The molecule has 0 spiro atoms. The number of H-pyrrole nitrogens is 1. The number of nitrogens with one attached hydrogen (secondary N) is 12. The van der Waals surface area contributed by atoms with Crippen LogP contribution in [0.4, 0.5) is 0 Å². The summed E-state index contributed by atoms with van der Waals surface area (Å²) in [6.45, 7) is 2.02. The first-order valence-electron chi connectivity index (χ1n) is 38.4. The summed E-state index contributed by atoms with van der Waals surface area (Å²) in [7, 11) is 0. The zero-order valence-electron chi connectivity index (χ0n) is 63.5. The molecule has 6 heterocycles. The molecule has 11 amide bonds. The molecule has 0 radical (unpaired) electrons. The van der Waals surface area contributed by atoms with Gasteiger partial charge in [0.25, 0.3) is 0 Å². The number of aromatic nitrogens is 1. The van der Waals surface area contributed by atoms with Crippen LogP contribution in [-0.4, -0.2) is 248 Å². The Labute approximate surface area is 652 Å². The van der Waals surface area contributed by atoms with E-state index in [4.69, 9.17) is 11.1 Å². The van der Waals surface area contributed by atoms with Gasteiger partial charge >= 0.3 is 17.9 Å². The molecule has 5 aliphatic heterocycles. The third-order valence-electron chi connectivity index (χ3n) is 20.1. The first-order valence-corrected chi connectivity index (χ1v) is 38.4. The molecule has 0 bridgehead atoms. The van der Waals surface area contributed by atoms with Crippen molar-refractivity contribution in [2.75, 3.05) is 39.3 Å². The number of hydrogen-bond donors (Lipinski definition) is 16. The molecular formula is C77H104N18O18. The van der Waals surface area contributed by atoms with Crippen molar-refractivity contribution in [1.29, 1.82) is 5.41 Å². The summed E-state index contributed by atoms with van der Waals surface area (Å²) in [4.78, 5) is 226. The van der Waals surface area contributed by atoms with Crippen LogP contribution in [0.2, 0.25) is 0 Å². The zero-order chi connectivity index (χ0) is 81.7. The van der Waals surface area contributed by atoms with Gasteiger partial charge in [-0.1, -0.05) is 73.5 Å². The Balaban J connectivity index is 1.06. The number of benzene rings is 2. The number of para-hydroxylation sites is 1. The van der Waals surface area contributed by atoms with Gasteiger partial charge in [-0.3, -0.25) is 92.2 Å². The molecule has 610 valence electrons. The van der Waals surface area contributed by atoms with Crippen molar-refractivity contribution in [3.63, 3.8) is 0 Å². The van der Waals surface area contributed by atoms with E-state index in [0.29, 0.717) is 71.9 Å². The predicted molar refractivity (Wildman–Crippen MR) is 412 cm³/mol. The predicted octanol–water partition coefficient (Wildman–Crippen LogP) is 0.138. The van der Waals surface area contributed by atoms with Crippen LogP contribution in [-0.2, 0) is 84.8 Å². The van der Waals surface area contributed by atoms with Gasteiger partial charge in [0.2, 0.25) is 65.0 Å². The summed E-state index contributed by atoms with van der Waals surface area (Å²) in [5, 5.41) is 64.0. The summed E-state index contributed by atoms with van der Waals surface area (Å²) < 4.78 is 0. The SMILES string of the molecule is CC(=O)N[C@H]1CCCCC(=O)C[C@@H](C(=O)N2CCC[C@H]2C(=O)N2CCC[C@H]2C(=O)N[C@@H](CC2=CCC=N2)C(=O)N[C@@H](CCC(=O)O)C(=O)N[C@H](C)CCCCN(CC(=O)O)CC(=O)O)NC(=O)[C@H](Cc2c[nH]c3ccccc23)NC(=O)[C@H](CCCNC(=N)N)NC(=O)[C@@H](Cc2ccccc2)NC(=O)[C@H](CC2=CCC=N2)NC1=O. The minimum absolute atomic E-state index is 0.0174. The van der Waals surface area contributed by atoms with Gasteiger partial charge in [-0.15, -0.1) is 0 Å². The van der Waals surface area contributed by atoms with Crippen LogP contribution in [0.3, 0.4) is 0 Å². The van der Waals surface area contributed by atoms with Crippen LogP contribution in [0.15, 0.2) is 94.3 Å². The number of nitrogens with zero attached hydrogens (tertiary/aromatic N) is 5. The summed E-state index contributed by atoms with van der Waals surface area (Å²) in [5.41, 5.74) is 8.28. The van der Waals surface area contributed by atoms with Gasteiger partial charge in [0.05, 0.1) is 13.1 Å². The molecule has 36 heteroatoms. The summed E-state index contributed by atoms with van der Waals surface area (Å²) in [5.74, 6) is -13.4. The van der Waals surface area contributed by atoms with Crippen LogP contribution in [0.25, 0.3) is 10.9 Å². The zero-order valence-corrected chi connectivity index (χ0v) is 63.5. The third-order valence-corrected chi connectivity index (χ3v) is 20.1. The maximum Gasteiger partial charge on any atom is 0.317 e. The number of unbranched alkanes of at least 4 members (excludes halogenated alkanes) is 1. The number of hydrogen-bond acceptors (Lipinski definition) is 19. The monoisotopic (exact) mass is 1570 g/mol. The third kappa shape index (κ3) is 27.3. The van der Waals surface area contributed by atoms with Crippen molar-refractivity contribution in [1.82, 2.24) is 72.9 Å². The van der Waals surface area contributed by atoms with Crippen LogP contribution < -0.4 is 58.9 Å². The van der Waals surface area contributed by atoms with E-state index in [1.165, 1.54) is 21.6 Å². The highest BCUT2D eigenvalue weighted by Gasteiger charge is 2.46. The lowest BCUT2D eigenvalue weighted by atomic mass is 9.99. The number of aliphatic imine (C=N–C) groups is 2. The van der Waals surface area contributed by atoms with E-state index in [1.54, 1.807) is 92.3 Å². The Morgan fingerprint density at radius 3 is 1.88 bits per heavy atom. The molecule has 2 aromatic carbocycles. The number of carbonyl (C=O) groups is 15. The minimum Gasteiger partial charge on any atom is -0.481 e. The van der Waals surface area contributed by atoms with Crippen molar-refractivity contribution in [2.24, 2.45) is 15.7 Å². The number of nitrogens with two attached hydrogens (primary N) is 1. The second-order valence-electron chi connectivity index (χ2n) is 29.0. The number of carbonyl (C=O) groups excluding carboxylic acids is 12. The normalized spacial score (nSPS) is 22.2. The highest BCUT2D eigenvalue weighted by atomic mass is 16.4.